The van der Waals surface area contributed by atoms with Crippen molar-refractivity contribution in [3.63, 3.8) is 0 Å². The zero-order chi connectivity index (χ0) is 26.0. The van der Waals surface area contributed by atoms with E-state index >= 15 is 0 Å². The molecule has 1 aromatic carbocycles. The molecule has 1 fully saturated rings. The van der Waals surface area contributed by atoms with Crippen LogP contribution < -0.4 is 10.9 Å². The van der Waals surface area contributed by atoms with Gasteiger partial charge in [-0.05, 0) is 32.3 Å². The predicted molar refractivity (Wildman–Crippen MR) is 129 cm³/mol. The van der Waals surface area contributed by atoms with Crippen molar-refractivity contribution in [3.8, 4) is 0 Å². The molecule has 3 aromatic rings. The summed E-state index contributed by atoms with van der Waals surface area (Å²) in [6.07, 6.45) is 0.873. The van der Waals surface area contributed by atoms with Gasteiger partial charge >= 0.3 is 0 Å². The van der Waals surface area contributed by atoms with Gasteiger partial charge in [-0.15, -0.1) is 0 Å². The van der Waals surface area contributed by atoms with Gasteiger partial charge in [0.25, 0.3) is 17.9 Å². The Morgan fingerprint density at radius 3 is 2.72 bits per heavy atom. The topological polar surface area (TPSA) is 89.3 Å². The van der Waals surface area contributed by atoms with E-state index in [1.54, 1.807) is 18.9 Å². The van der Waals surface area contributed by atoms with Gasteiger partial charge in [0, 0.05) is 26.3 Å². The van der Waals surface area contributed by atoms with Gasteiger partial charge in [0.15, 0.2) is 0 Å². The molecule has 1 N–H and O–H groups in total. The van der Waals surface area contributed by atoms with Crippen molar-refractivity contribution in [1.82, 2.24) is 19.4 Å². The molecule has 3 heterocycles. The highest BCUT2D eigenvalue weighted by atomic mass is 19.3. The Kier molecular flexibility index (Phi) is 7.58. The fourth-order valence-electron chi connectivity index (χ4n) is 4.68. The number of methoxy groups -OCH3 is 1. The van der Waals surface area contributed by atoms with Gasteiger partial charge in [0.2, 0.25) is 0 Å². The van der Waals surface area contributed by atoms with Crippen LogP contribution in [0.3, 0.4) is 0 Å². The van der Waals surface area contributed by atoms with Gasteiger partial charge in [-0.25, -0.2) is 23.1 Å². The molecule has 1 aliphatic heterocycles. The van der Waals surface area contributed by atoms with Gasteiger partial charge in [0.1, 0.15) is 29.2 Å². The average Bonchev–Trinajstić information content (AvgIpc) is 2.86. The van der Waals surface area contributed by atoms with Crippen LogP contribution in [-0.2, 0) is 11.8 Å². The number of piperidine rings is 1. The van der Waals surface area contributed by atoms with Gasteiger partial charge in [-0.1, -0.05) is 18.2 Å². The normalized spacial score (nSPS) is 17.0. The number of alkyl halides is 2. The minimum atomic E-state index is -2.95. The summed E-state index contributed by atoms with van der Waals surface area (Å²) in [6.45, 7) is 2.50. The Labute approximate surface area is 206 Å². The fourth-order valence-corrected chi connectivity index (χ4v) is 4.68. The molecular weight excluding hydrogens is 475 g/mol. The lowest BCUT2D eigenvalue weighted by molar-refractivity contribution is 0.0426. The Morgan fingerprint density at radius 2 is 2.00 bits per heavy atom. The number of aryl methyl sites for hydroxylation is 1. The van der Waals surface area contributed by atoms with E-state index < -0.39 is 35.3 Å². The van der Waals surface area contributed by atoms with E-state index in [-0.39, 0.29) is 28.6 Å². The minimum Gasteiger partial charge on any atom is -0.383 e. The third-order valence-corrected chi connectivity index (χ3v) is 6.60. The number of anilines is 1. The molecule has 2 aromatic heterocycles. The maximum absolute atomic E-state index is 14.7. The smallest absolute Gasteiger partial charge is 0.266 e. The van der Waals surface area contributed by atoms with Gasteiger partial charge < -0.3 is 15.0 Å². The number of hydrogen-bond acceptors (Lipinski definition) is 6. The number of amides is 1. The summed E-state index contributed by atoms with van der Waals surface area (Å²) in [6, 6.07) is 4.39. The number of nitrogens with zero attached hydrogens (tertiary/aromatic N) is 4. The van der Waals surface area contributed by atoms with Crippen molar-refractivity contribution in [1.29, 1.82) is 0 Å². The van der Waals surface area contributed by atoms with Crippen molar-refractivity contribution in [3.05, 3.63) is 63.5 Å². The molecule has 1 saturated heterocycles. The number of carbonyl (C=O) groups excluding carboxylic acids is 1. The van der Waals surface area contributed by atoms with Crippen molar-refractivity contribution < 1.29 is 22.7 Å². The number of hydrogen-bond donors (Lipinski definition) is 1. The zero-order valence-corrected chi connectivity index (χ0v) is 20.3. The molecule has 0 spiro atoms. The number of halogens is 3. The molecule has 1 amide bonds. The number of fused-ring (bicyclic) bond motifs is 1. The first kappa shape index (κ1) is 25.6. The summed E-state index contributed by atoms with van der Waals surface area (Å²) in [5, 5.41) is 3.41. The van der Waals surface area contributed by atoms with Crippen molar-refractivity contribution in [2.75, 3.05) is 25.6 Å². The summed E-state index contributed by atoms with van der Waals surface area (Å²) < 4.78 is 47.6. The highest BCUT2D eigenvalue weighted by molar-refractivity contribution is 5.99. The van der Waals surface area contributed by atoms with Crippen LogP contribution in [0.1, 0.15) is 60.1 Å². The number of likely N-dealkylation sites (tertiary alicyclic amines) is 1. The summed E-state index contributed by atoms with van der Waals surface area (Å²) in [7, 11) is 3.08. The van der Waals surface area contributed by atoms with E-state index in [0.29, 0.717) is 18.5 Å². The first-order chi connectivity index (χ1) is 17.2. The largest absolute Gasteiger partial charge is 0.383 e. The number of nitrogens with one attached hydrogen (secondary N) is 1. The predicted octanol–water partition coefficient (Wildman–Crippen LogP) is 4.22. The SMILES string of the molecule is COCC1CCCCN1C(=O)c1cc2c(N[C@H](C)c3cccc(C(F)F)c3F)ncnc2n(C)c1=O. The average molecular weight is 504 g/mol. The summed E-state index contributed by atoms with van der Waals surface area (Å²) in [4.78, 5) is 36.7. The van der Waals surface area contributed by atoms with Crippen LogP contribution in [0, 0.1) is 5.82 Å². The number of rotatable bonds is 7. The first-order valence-corrected chi connectivity index (χ1v) is 11.7. The van der Waals surface area contributed by atoms with Gasteiger partial charge in [-0.2, -0.15) is 0 Å². The molecule has 0 bridgehead atoms. The number of ether oxygens (including phenoxy) is 1. The summed E-state index contributed by atoms with van der Waals surface area (Å²) in [5.41, 5.74) is -0.908. The molecule has 0 radical (unpaired) electrons. The van der Waals surface area contributed by atoms with Crippen LogP contribution in [0.2, 0.25) is 0 Å². The Balaban J connectivity index is 1.74. The third kappa shape index (κ3) is 4.79. The molecule has 11 heteroatoms. The maximum atomic E-state index is 14.7. The van der Waals surface area contributed by atoms with Crippen molar-refractivity contribution in [2.24, 2.45) is 7.05 Å². The van der Waals surface area contributed by atoms with E-state index in [1.807, 2.05) is 0 Å². The Bertz CT molecular complexity index is 1330. The number of aromatic nitrogens is 3. The second-order valence-electron chi connectivity index (χ2n) is 8.90. The lowest BCUT2D eigenvalue weighted by Gasteiger charge is -2.35. The quantitative estimate of drug-likeness (QED) is 0.520. The van der Waals surface area contributed by atoms with E-state index in [9.17, 15) is 22.8 Å². The van der Waals surface area contributed by atoms with E-state index in [4.69, 9.17) is 4.74 Å². The molecule has 36 heavy (non-hydrogen) atoms. The first-order valence-electron chi connectivity index (χ1n) is 11.7. The Morgan fingerprint density at radius 1 is 1.25 bits per heavy atom. The van der Waals surface area contributed by atoms with E-state index in [0.717, 1.165) is 25.3 Å². The number of benzene rings is 1. The third-order valence-electron chi connectivity index (χ3n) is 6.60. The maximum Gasteiger partial charge on any atom is 0.266 e. The second kappa shape index (κ2) is 10.7. The Hall–Kier alpha value is -3.47. The molecule has 1 unspecified atom stereocenters. The second-order valence-corrected chi connectivity index (χ2v) is 8.90. The number of carbonyl (C=O) groups is 1. The van der Waals surface area contributed by atoms with Crippen LogP contribution in [-0.4, -0.2) is 51.6 Å². The van der Waals surface area contributed by atoms with Crippen molar-refractivity contribution >= 4 is 22.8 Å². The molecule has 0 saturated carbocycles. The minimum absolute atomic E-state index is 0.0376. The van der Waals surface area contributed by atoms with Crippen LogP contribution in [0.5, 0.6) is 0 Å². The lowest BCUT2D eigenvalue weighted by atomic mass is 10.0. The van der Waals surface area contributed by atoms with Crippen LogP contribution in [0.25, 0.3) is 11.0 Å². The summed E-state index contributed by atoms with van der Waals surface area (Å²) in [5.74, 6) is -1.16. The molecule has 0 aliphatic carbocycles. The van der Waals surface area contributed by atoms with Gasteiger partial charge in [0.05, 0.1) is 29.6 Å². The van der Waals surface area contributed by atoms with Crippen LogP contribution >= 0.6 is 0 Å². The standard InChI is InChI=1S/C25H28F3N5O3/c1-14(16-8-6-9-17(20(16)26)21(27)28)31-22-18-11-19(24(34)32(2)23(18)30-13-29-22)25(35)33-10-5-4-7-15(33)12-36-3/h6,8-9,11,13-15,21H,4-5,7,10,12H2,1-3H3,(H,29,30,31)/t14-,15?/m1/s1. The fraction of sp³-hybridized carbons (Fsp3) is 0.440. The van der Waals surface area contributed by atoms with E-state index in [2.05, 4.69) is 15.3 Å². The zero-order valence-electron chi connectivity index (χ0n) is 20.3. The molecule has 8 nitrogen and oxygen atoms in total. The monoisotopic (exact) mass is 503 g/mol. The molecule has 1 aliphatic rings. The highest BCUT2D eigenvalue weighted by Gasteiger charge is 2.30. The molecule has 4 rings (SSSR count). The van der Waals surface area contributed by atoms with Crippen LogP contribution in [0.15, 0.2) is 35.4 Å². The van der Waals surface area contributed by atoms with E-state index in [1.165, 1.54) is 36.1 Å². The lowest BCUT2D eigenvalue weighted by Crippen LogP contribution is -2.47. The summed E-state index contributed by atoms with van der Waals surface area (Å²) >= 11 is 0. The van der Waals surface area contributed by atoms with Gasteiger partial charge in [-0.3, -0.25) is 14.2 Å². The number of pyridine rings is 1. The highest BCUT2D eigenvalue weighted by Crippen LogP contribution is 2.30. The van der Waals surface area contributed by atoms with Crippen LogP contribution in [0.4, 0.5) is 19.0 Å². The molecule has 2 atom stereocenters. The molecular formula is C25H28F3N5O3. The molecule has 192 valence electrons. The van der Waals surface area contributed by atoms with Crippen molar-refractivity contribution in [2.45, 2.75) is 44.7 Å².